The van der Waals surface area contributed by atoms with Crippen LogP contribution in [0.25, 0.3) is 22.3 Å². The molecule has 9 heteroatoms. The molecule has 0 bridgehead atoms. The summed E-state index contributed by atoms with van der Waals surface area (Å²) in [7, 11) is 1.54. The quantitative estimate of drug-likeness (QED) is 0.225. The normalized spacial score (nSPS) is 12.1. The Labute approximate surface area is 172 Å². The lowest BCUT2D eigenvalue weighted by atomic mass is 9.99. The number of nitrogen functional groups attached to an aromatic ring is 1. The second kappa shape index (κ2) is 7.36. The molecule has 0 fully saturated rings. The average molecular weight is 403 g/mol. The number of nitrogens with two attached hydrogens (primary N) is 1. The Kier molecular flexibility index (Phi) is 4.71. The van der Waals surface area contributed by atoms with Crippen LogP contribution in [-0.4, -0.2) is 37.5 Å². The number of allylic oxidation sites excluding steroid dienone is 2. The number of aromatic nitrogens is 4. The fourth-order valence-electron chi connectivity index (χ4n) is 3.39. The summed E-state index contributed by atoms with van der Waals surface area (Å²) in [5, 5.41) is 29.8. The van der Waals surface area contributed by atoms with Crippen molar-refractivity contribution in [2.24, 2.45) is 0 Å². The lowest BCUT2D eigenvalue weighted by Gasteiger charge is -2.14. The molecule has 0 saturated heterocycles. The van der Waals surface area contributed by atoms with E-state index in [-0.39, 0.29) is 11.5 Å². The molecule has 9 nitrogen and oxygen atoms in total. The van der Waals surface area contributed by atoms with E-state index >= 15 is 0 Å². The van der Waals surface area contributed by atoms with Crippen molar-refractivity contribution in [1.82, 2.24) is 19.6 Å². The van der Waals surface area contributed by atoms with Gasteiger partial charge in [-0.25, -0.2) is 0 Å². The summed E-state index contributed by atoms with van der Waals surface area (Å²) in [6, 6.07) is 10.9. The number of hydrogen-bond acceptors (Lipinski definition) is 8. The number of rotatable bonds is 5. The van der Waals surface area contributed by atoms with Gasteiger partial charge in [0.15, 0.2) is 5.65 Å². The molecule has 0 aliphatic rings. The van der Waals surface area contributed by atoms with E-state index in [1.807, 2.05) is 16.5 Å². The summed E-state index contributed by atoms with van der Waals surface area (Å²) in [6.07, 6.45) is 1.62. The van der Waals surface area contributed by atoms with E-state index in [1.54, 1.807) is 51.4 Å². The average Bonchev–Trinajstić information content (AvgIpc) is 3.12. The molecule has 2 heterocycles. The van der Waals surface area contributed by atoms with Gasteiger partial charge in [-0.05, 0) is 44.2 Å². The van der Waals surface area contributed by atoms with Gasteiger partial charge >= 0.3 is 0 Å². The Morgan fingerprint density at radius 2 is 1.90 bits per heavy atom. The minimum Gasteiger partial charge on any atom is -0.512 e. The van der Waals surface area contributed by atoms with Gasteiger partial charge in [0.05, 0.1) is 30.1 Å². The number of aliphatic hydroxyl groups excluding tert-OH is 1. The van der Waals surface area contributed by atoms with Crippen molar-refractivity contribution in [3.8, 4) is 5.75 Å². The summed E-state index contributed by atoms with van der Waals surface area (Å²) >= 11 is 0. The molecule has 152 valence electrons. The second-order valence-corrected chi connectivity index (χ2v) is 6.85. The van der Waals surface area contributed by atoms with Crippen LogP contribution < -0.4 is 15.8 Å². The van der Waals surface area contributed by atoms with Crippen LogP contribution in [0.2, 0.25) is 0 Å². The fraction of sp³-hybridized carbons (Fsp3) is 0.143. The molecule has 0 radical (unpaired) electrons. The first kappa shape index (κ1) is 19.2. The van der Waals surface area contributed by atoms with Crippen molar-refractivity contribution >= 4 is 45.3 Å². The molecule has 0 aliphatic heterocycles. The van der Waals surface area contributed by atoms with E-state index in [0.717, 1.165) is 5.69 Å². The standard InChI is InChI=1S/C21H21N7O2/c1-11(22)20(12(2)29)15-8-16-17(9-18(15)30-3)28-19(10-24-16)26-27-21(28)25-14-6-4-13(23)5-7-14/h4-10,22,29H,23H2,1-3H3,(H,25,27)/b20-12+,22-11?. The Morgan fingerprint density at radius 3 is 2.53 bits per heavy atom. The highest BCUT2D eigenvalue weighted by molar-refractivity contribution is 6.22. The molecule has 2 aromatic heterocycles. The van der Waals surface area contributed by atoms with Gasteiger partial charge in [0.2, 0.25) is 5.95 Å². The first-order chi connectivity index (χ1) is 14.4. The number of aliphatic hydroxyl groups is 1. The Bertz CT molecular complexity index is 1300. The summed E-state index contributed by atoms with van der Waals surface area (Å²) in [5.41, 5.74) is 10.4. The molecule has 0 atom stereocenters. The van der Waals surface area contributed by atoms with Gasteiger partial charge in [-0.2, -0.15) is 0 Å². The molecular formula is C21H21N7O2. The number of nitrogens with zero attached hydrogens (tertiary/aromatic N) is 4. The van der Waals surface area contributed by atoms with E-state index in [9.17, 15) is 5.11 Å². The minimum absolute atomic E-state index is 0.0382. The summed E-state index contributed by atoms with van der Waals surface area (Å²) < 4.78 is 7.40. The molecule has 0 saturated carbocycles. The maximum Gasteiger partial charge on any atom is 0.234 e. The molecule has 0 amide bonds. The number of fused-ring (bicyclic) bond motifs is 3. The van der Waals surface area contributed by atoms with Crippen LogP contribution in [0.5, 0.6) is 5.75 Å². The number of ether oxygens (including phenoxy) is 1. The highest BCUT2D eigenvalue weighted by Gasteiger charge is 2.18. The highest BCUT2D eigenvalue weighted by Crippen LogP contribution is 2.33. The van der Waals surface area contributed by atoms with Gasteiger partial charge in [0.1, 0.15) is 5.75 Å². The maximum atomic E-state index is 10.1. The number of nitrogens with one attached hydrogen (secondary N) is 2. The first-order valence-corrected chi connectivity index (χ1v) is 9.19. The fourth-order valence-corrected chi connectivity index (χ4v) is 3.39. The zero-order valence-electron chi connectivity index (χ0n) is 16.8. The van der Waals surface area contributed by atoms with E-state index in [1.165, 1.54) is 0 Å². The molecule has 0 spiro atoms. The van der Waals surface area contributed by atoms with Crippen molar-refractivity contribution in [3.63, 3.8) is 0 Å². The molecule has 2 aromatic carbocycles. The van der Waals surface area contributed by atoms with Gasteiger partial charge in [-0.3, -0.25) is 9.38 Å². The van der Waals surface area contributed by atoms with Gasteiger partial charge in [-0.15, -0.1) is 10.2 Å². The van der Waals surface area contributed by atoms with Crippen LogP contribution in [-0.2, 0) is 0 Å². The SMILES string of the molecule is COc1cc2c(cc1/C(C(C)=N)=C(\C)O)ncc1nnc(Nc3ccc(N)cc3)n12. The topological polar surface area (TPSA) is 134 Å². The van der Waals surface area contributed by atoms with E-state index < -0.39 is 0 Å². The van der Waals surface area contributed by atoms with Crippen LogP contribution in [0, 0.1) is 5.41 Å². The van der Waals surface area contributed by atoms with Crippen molar-refractivity contribution in [2.75, 3.05) is 18.2 Å². The predicted molar refractivity (Wildman–Crippen MR) is 118 cm³/mol. The molecule has 4 aromatic rings. The lowest BCUT2D eigenvalue weighted by molar-refractivity contribution is 0.409. The van der Waals surface area contributed by atoms with Gasteiger partial charge < -0.3 is 26.3 Å². The first-order valence-electron chi connectivity index (χ1n) is 9.19. The molecule has 5 N–H and O–H groups in total. The highest BCUT2D eigenvalue weighted by atomic mass is 16.5. The summed E-state index contributed by atoms with van der Waals surface area (Å²) in [4.78, 5) is 4.48. The number of hydrogen-bond donors (Lipinski definition) is 4. The molecule has 0 aliphatic carbocycles. The van der Waals surface area contributed by atoms with Crippen LogP contribution >= 0.6 is 0 Å². The van der Waals surface area contributed by atoms with Gasteiger partial charge in [0, 0.05) is 34.3 Å². The second-order valence-electron chi connectivity index (χ2n) is 6.85. The van der Waals surface area contributed by atoms with Crippen molar-refractivity contribution in [2.45, 2.75) is 13.8 Å². The maximum absolute atomic E-state index is 10.1. The number of benzene rings is 2. The Balaban J connectivity index is 1.93. The van der Waals surface area contributed by atoms with E-state index in [4.69, 9.17) is 15.9 Å². The van der Waals surface area contributed by atoms with Crippen LogP contribution in [0.15, 0.2) is 48.4 Å². The molecular weight excluding hydrogens is 382 g/mol. The molecule has 0 unspecified atom stereocenters. The predicted octanol–water partition coefficient (Wildman–Crippen LogP) is 3.94. The van der Waals surface area contributed by atoms with Gasteiger partial charge in [0.25, 0.3) is 0 Å². The Hall–Kier alpha value is -4.14. The smallest absolute Gasteiger partial charge is 0.234 e. The zero-order valence-corrected chi connectivity index (χ0v) is 16.8. The van der Waals surface area contributed by atoms with Crippen molar-refractivity contribution in [3.05, 3.63) is 53.9 Å². The van der Waals surface area contributed by atoms with E-state index in [0.29, 0.717) is 45.2 Å². The monoisotopic (exact) mass is 403 g/mol. The third-order valence-electron chi connectivity index (χ3n) is 4.72. The zero-order chi connectivity index (χ0) is 21.4. The van der Waals surface area contributed by atoms with Crippen LogP contribution in [0.4, 0.5) is 17.3 Å². The van der Waals surface area contributed by atoms with Crippen LogP contribution in [0.1, 0.15) is 19.4 Å². The molecule has 4 rings (SSSR count). The van der Waals surface area contributed by atoms with E-state index in [2.05, 4.69) is 20.5 Å². The van der Waals surface area contributed by atoms with Crippen molar-refractivity contribution in [1.29, 1.82) is 5.41 Å². The summed E-state index contributed by atoms with van der Waals surface area (Å²) in [6.45, 7) is 3.16. The number of anilines is 3. The lowest BCUT2D eigenvalue weighted by Crippen LogP contribution is -2.04. The van der Waals surface area contributed by atoms with Crippen molar-refractivity contribution < 1.29 is 9.84 Å². The third-order valence-corrected chi connectivity index (χ3v) is 4.72. The number of methoxy groups -OCH3 is 1. The van der Waals surface area contributed by atoms with Gasteiger partial charge in [-0.1, -0.05) is 0 Å². The molecule has 30 heavy (non-hydrogen) atoms. The Morgan fingerprint density at radius 1 is 1.17 bits per heavy atom. The summed E-state index contributed by atoms with van der Waals surface area (Å²) in [5.74, 6) is 1.05. The largest absolute Gasteiger partial charge is 0.512 e. The minimum atomic E-state index is 0.0382. The van der Waals surface area contributed by atoms with Crippen LogP contribution in [0.3, 0.4) is 0 Å². The third kappa shape index (κ3) is 3.26.